The Hall–Kier alpha value is -1.75. The number of benzene rings is 1. The third kappa shape index (κ3) is 5.13. The van der Waals surface area contributed by atoms with Gasteiger partial charge in [0, 0.05) is 15.3 Å². The first-order valence-electron chi connectivity index (χ1n) is 6.17. The summed E-state index contributed by atoms with van der Waals surface area (Å²) in [4.78, 5) is 15.5. The third-order valence-electron chi connectivity index (χ3n) is 2.67. The van der Waals surface area contributed by atoms with E-state index < -0.39 is 17.6 Å². The van der Waals surface area contributed by atoms with Gasteiger partial charge in [-0.15, -0.1) is 0 Å². The van der Waals surface area contributed by atoms with Crippen LogP contribution in [0.15, 0.2) is 42.6 Å². The van der Waals surface area contributed by atoms with Gasteiger partial charge >= 0.3 is 6.18 Å². The fraction of sp³-hybridized carbons (Fsp3) is 0.0714. The molecule has 1 aromatic heterocycles. The number of hydrogen-bond acceptors (Lipinski definition) is 3. The molecular weight excluding hydrogens is 442 g/mol. The van der Waals surface area contributed by atoms with Gasteiger partial charge in [0.15, 0.2) is 5.11 Å². The smallest absolute Gasteiger partial charge is 0.317 e. The van der Waals surface area contributed by atoms with Gasteiger partial charge in [0.25, 0.3) is 5.91 Å². The molecule has 0 unspecified atom stereocenters. The molecule has 0 saturated carbocycles. The molecule has 0 aliphatic carbocycles. The summed E-state index contributed by atoms with van der Waals surface area (Å²) in [6.07, 6.45) is -3.77. The van der Waals surface area contributed by atoms with E-state index in [4.69, 9.17) is 12.2 Å². The molecule has 9 heteroatoms. The van der Waals surface area contributed by atoms with Crippen molar-refractivity contribution in [2.75, 3.05) is 5.32 Å². The molecule has 23 heavy (non-hydrogen) atoms. The zero-order valence-electron chi connectivity index (χ0n) is 11.3. The Labute approximate surface area is 148 Å². The number of hydrogen-bond donors (Lipinski definition) is 2. The predicted octanol–water partition coefficient (Wildman–Crippen LogP) is 3.83. The Bertz CT molecular complexity index is 718. The number of rotatable bonds is 2. The molecule has 0 aliphatic heterocycles. The first kappa shape index (κ1) is 17.6. The summed E-state index contributed by atoms with van der Waals surface area (Å²) in [5.41, 5.74) is -0.452. The van der Waals surface area contributed by atoms with E-state index in [1.165, 1.54) is 0 Å². The van der Waals surface area contributed by atoms with Gasteiger partial charge in [-0.05, 0) is 71.2 Å². The summed E-state index contributed by atoms with van der Waals surface area (Å²) in [7, 11) is 0. The lowest BCUT2D eigenvalue weighted by Crippen LogP contribution is -2.34. The number of amides is 1. The van der Waals surface area contributed by atoms with Crippen LogP contribution in [0, 0.1) is 3.57 Å². The van der Waals surface area contributed by atoms with Crippen molar-refractivity contribution in [3.05, 3.63) is 57.3 Å². The van der Waals surface area contributed by atoms with Crippen LogP contribution in [0.3, 0.4) is 0 Å². The summed E-state index contributed by atoms with van der Waals surface area (Å²) in [5.74, 6) is -0.322. The Morgan fingerprint density at radius 1 is 1.13 bits per heavy atom. The summed E-state index contributed by atoms with van der Waals surface area (Å²) >= 11 is 7.05. The minimum atomic E-state index is -4.45. The van der Waals surface area contributed by atoms with Crippen LogP contribution in [0.2, 0.25) is 0 Å². The topological polar surface area (TPSA) is 54.0 Å². The highest BCUT2D eigenvalue weighted by Crippen LogP contribution is 2.28. The van der Waals surface area contributed by atoms with Gasteiger partial charge in [-0.25, -0.2) is 4.98 Å². The molecule has 0 atom stereocenters. The lowest BCUT2D eigenvalue weighted by Gasteiger charge is -2.10. The molecule has 0 spiro atoms. The average Bonchev–Trinajstić information content (AvgIpc) is 2.47. The molecule has 2 aromatic rings. The molecule has 0 bridgehead atoms. The normalized spacial score (nSPS) is 11.0. The number of thiocarbonyl (C=S) groups is 1. The molecule has 0 fully saturated rings. The van der Waals surface area contributed by atoms with Crippen LogP contribution >= 0.6 is 34.8 Å². The van der Waals surface area contributed by atoms with Crippen molar-refractivity contribution in [2.45, 2.75) is 6.18 Å². The zero-order valence-corrected chi connectivity index (χ0v) is 14.3. The monoisotopic (exact) mass is 451 g/mol. The number of carbonyl (C=O) groups excluding carboxylic acids is 1. The highest BCUT2D eigenvalue weighted by molar-refractivity contribution is 14.1. The molecule has 2 rings (SSSR count). The van der Waals surface area contributed by atoms with Gasteiger partial charge < -0.3 is 5.32 Å². The number of nitrogens with one attached hydrogen (secondary N) is 2. The van der Waals surface area contributed by atoms with Crippen molar-refractivity contribution in [3.63, 3.8) is 0 Å². The van der Waals surface area contributed by atoms with Crippen LogP contribution in [0.1, 0.15) is 15.9 Å². The Morgan fingerprint density at radius 2 is 1.78 bits per heavy atom. The van der Waals surface area contributed by atoms with E-state index in [1.807, 2.05) is 0 Å². The van der Waals surface area contributed by atoms with Crippen molar-refractivity contribution in [3.8, 4) is 0 Å². The molecule has 2 N–H and O–H groups in total. The van der Waals surface area contributed by atoms with Crippen LogP contribution in [-0.4, -0.2) is 16.0 Å². The minimum absolute atomic E-state index is 0.0548. The van der Waals surface area contributed by atoms with Crippen molar-refractivity contribution in [1.29, 1.82) is 0 Å². The standard InChI is InChI=1S/C14H9F3IN3OS/c15-14(16,17)9-3-6-11(19-7-9)20-13(23)21-12(22)8-1-4-10(18)5-2-8/h1-7H,(H2,19,20,21,22,23). The number of halogens is 4. The summed E-state index contributed by atoms with van der Waals surface area (Å²) in [6, 6.07) is 8.81. The number of anilines is 1. The summed E-state index contributed by atoms with van der Waals surface area (Å²) in [5, 5.41) is 4.92. The minimum Gasteiger partial charge on any atom is -0.317 e. The van der Waals surface area contributed by atoms with E-state index in [0.29, 0.717) is 11.8 Å². The highest BCUT2D eigenvalue weighted by Gasteiger charge is 2.30. The Morgan fingerprint density at radius 3 is 2.30 bits per heavy atom. The molecule has 1 heterocycles. The van der Waals surface area contributed by atoms with Crippen molar-refractivity contribution in [1.82, 2.24) is 10.3 Å². The van der Waals surface area contributed by atoms with Crippen LogP contribution < -0.4 is 10.6 Å². The average molecular weight is 451 g/mol. The first-order chi connectivity index (χ1) is 10.8. The SMILES string of the molecule is O=C(NC(=S)Nc1ccc(C(F)(F)F)cn1)c1ccc(I)cc1. The Balaban J connectivity index is 1.96. The van der Waals surface area contributed by atoms with Gasteiger partial charge in [-0.2, -0.15) is 13.2 Å². The van der Waals surface area contributed by atoms with Gasteiger partial charge in [0.1, 0.15) is 5.82 Å². The van der Waals surface area contributed by atoms with Crippen LogP contribution in [0.4, 0.5) is 19.0 Å². The maximum Gasteiger partial charge on any atom is 0.417 e. The van der Waals surface area contributed by atoms with Crippen LogP contribution in [0.5, 0.6) is 0 Å². The van der Waals surface area contributed by atoms with E-state index >= 15 is 0 Å². The van der Waals surface area contributed by atoms with Gasteiger partial charge in [0.05, 0.1) is 5.56 Å². The quantitative estimate of drug-likeness (QED) is 0.539. The van der Waals surface area contributed by atoms with Crippen LogP contribution in [0.25, 0.3) is 0 Å². The fourth-order valence-corrected chi connectivity index (χ4v) is 2.12. The van der Waals surface area contributed by atoms with E-state index in [9.17, 15) is 18.0 Å². The summed E-state index contributed by atoms with van der Waals surface area (Å²) in [6.45, 7) is 0. The number of alkyl halides is 3. The van der Waals surface area contributed by atoms with Gasteiger partial charge in [0.2, 0.25) is 0 Å². The van der Waals surface area contributed by atoms with Crippen molar-refractivity contribution < 1.29 is 18.0 Å². The number of nitrogens with zero attached hydrogens (tertiary/aromatic N) is 1. The molecular formula is C14H9F3IN3OS. The largest absolute Gasteiger partial charge is 0.417 e. The van der Waals surface area contributed by atoms with Gasteiger partial charge in [-0.3, -0.25) is 10.1 Å². The molecule has 1 amide bonds. The van der Waals surface area contributed by atoms with Crippen molar-refractivity contribution >= 4 is 51.6 Å². The molecule has 0 aliphatic rings. The van der Waals surface area contributed by atoms with E-state index in [-0.39, 0.29) is 10.9 Å². The molecule has 1 aromatic carbocycles. The van der Waals surface area contributed by atoms with E-state index in [0.717, 1.165) is 15.7 Å². The molecule has 4 nitrogen and oxygen atoms in total. The summed E-state index contributed by atoms with van der Waals surface area (Å²) < 4.78 is 38.3. The third-order valence-corrected chi connectivity index (χ3v) is 3.59. The zero-order chi connectivity index (χ0) is 17.0. The fourth-order valence-electron chi connectivity index (χ4n) is 1.56. The van der Waals surface area contributed by atoms with E-state index in [1.54, 1.807) is 24.3 Å². The second-order valence-corrected chi connectivity index (χ2v) is 6.00. The van der Waals surface area contributed by atoms with Crippen molar-refractivity contribution in [2.24, 2.45) is 0 Å². The molecule has 120 valence electrons. The van der Waals surface area contributed by atoms with Crippen LogP contribution in [-0.2, 0) is 6.18 Å². The van der Waals surface area contributed by atoms with E-state index in [2.05, 4.69) is 38.2 Å². The number of pyridine rings is 1. The Kier molecular flexibility index (Phi) is 5.52. The lowest BCUT2D eigenvalue weighted by atomic mass is 10.2. The first-order valence-corrected chi connectivity index (χ1v) is 7.65. The maximum absolute atomic E-state index is 12.4. The second kappa shape index (κ2) is 7.21. The molecule has 0 saturated heterocycles. The lowest BCUT2D eigenvalue weighted by molar-refractivity contribution is -0.137. The maximum atomic E-state index is 12.4. The highest BCUT2D eigenvalue weighted by atomic mass is 127. The van der Waals surface area contributed by atoms with Gasteiger partial charge in [-0.1, -0.05) is 0 Å². The number of carbonyl (C=O) groups is 1. The second-order valence-electron chi connectivity index (χ2n) is 4.35. The predicted molar refractivity (Wildman–Crippen MR) is 92.1 cm³/mol. The number of aromatic nitrogens is 1. The molecule has 0 radical (unpaired) electrons.